The van der Waals surface area contributed by atoms with Crippen molar-refractivity contribution < 1.29 is 9.52 Å². The standard InChI is InChI=1S/C17H15Cl2NO2/c1-8(2)12-15(21)13(19)9(3)14-16(12)22-17(20-14)10-4-6-11(18)7-5-10/h4-8,21H,1-3H3. The molecule has 0 aliphatic rings. The molecule has 0 atom stereocenters. The predicted octanol–water partition coefficient (Wildman–Crippen LogP) is 5.94. The number of phenolic OH excluding ortho intramolecular Hbond substituents is 1. The summed E-state index contributed by atoms with van der Waals surface area (Å²) in [6.07, 6.45) is 0. The van der Waals surface area contributed by atoms with Crippen LogP contribution in [0.3, 0.4) is 0 Å². The number of hydrogen-bond donors (Lipinski definition) is 1. The summed E-state index contributed by atoms with van der Waals surface area (Å²) in [5.74, 6) is 0.616. The van der Waals surface area contributed by atoms with Crippen molar-refractivity contribution in [2.75, 3.05) is 0 Å². The molecule has 0 aliphatic heterocycles. The number of halogens is 2. The van der Waals surface area contributed by atoms with Gasteiger partial charge < -0.3 is 9.52 Å². The Morgan fingerprint density at radius 1 is 1.14 bits per heavy atom. The van der Waals surface area contributed by atoms with E-state index >= 15 is 0 Å². The topological polar surface area (TPSA) is 46.3 Å². The van der Waals surface area contributed by atoms with Crippen molar-refractivity contribution in [3.63, 3.8) is 0 Å². The van der Waals surface area contributed by atoms with Crippen LogP contribution in [-0.2, 0) is 0 Å². The van der Waals surface area contributed by atoms with Gasteiger partial charge in [-0.2, -0.15) is 0 Å². The minimum absolute atomic E-state index is 0.0617. The lowest BCUT2D eigenvalue weighted by molar-refractivity contribution is 0.463. The van der Waals surface area contributed by atoms with Gasteiger partial charge in [-0.05, 0) is 37.1 Å². The van der Waals surface area contributed by atoms with Crippen LogP contribution in [0.1, 0.15) is 30.9 Å². The molecule has 1 aromatic heterocycles. The molecular formula is C17H15Cl2NO2. The number of oxazole rings is 1. The molecule has 0 fully saturated rings. The van der Waals surface area contributed by atoms with Gasteiger partial charge in [-0.1, -0.05) is 37.0 Å². The summed E-state index contributed by atoms with van der Waals surface area (Å²) in [7, 11) is 0. The molecule has 0 bridgehead atoms. The van der Waals surface area contributed by atoms with Crippen LogP contribution < -0.4 is 0 Å². The lowest BCUT2D eigenvalue weighted by Gasteiger charge is -2.11. The van der Waals surface area contributed by atoms with Crippen LogP contribution in [-0.4, -0.2) is 10.1 Å². The highest BCUT2D eigenvalue weighted by atomic mass is 35.5. The van der Waals surface area contributed by atoms with Gasteiger partial charge in [0.15, 0.2) is 5.58 Å². The van der Waals surface area contributed by atoms with Crippen molar-refractivity contribution in [2.24, 2.45) is 0 Å². The van der Waals surface area contributed by atoms with Gasteiger partial charge in [-0.25, -0.2) is 4.98 Å². The number of fused-ring (bicyclic) bond motifs is 1. The average Bonchev–Trinajstić information content (AvgIpc) is 2.90. The maximum absolute atomic E-state index is 10.3. The van der Waals surface area contributed by atoms with Crippen molar-refractivity contribution in [3.05, 3.63) is 45.4 Å². The Bertz CT molecular complexity index is 851. The number of benzene rings is 2. The zero-order valence-electron chi connectivity index (χ0n) is 12.4. The molecule has 114 valence electrons. The maximum atomic E-state index is 10.3. The summed E-state index contributed by atoms with van der Waals surface area (Å²) in [6, 6.07) is 7.26. The smallest absolute Gasteiger partial charge is 0.227 e. The highest BCUT2D eigenvalue weighted by Crippen LogP contribution is 2.43. The van der Waals surface area contributed by atoms with Crippen molar-refractivity contribution >= 4 is 34.3 Å². The van der Waals surface area contributed by atoms with E-state index < -0.39 is 0 Å². The van der Waals surface area contributed by atoms with Crippen molar-refractivity contribution in [1.82, 2.24) is 4.98 Å². The second kappa shape index (κ2) is 5.49. The second-order valence-corrected chi connectivity index (χ2v) is 6.37. The van der Waals surface area contributed by atoms with Crippen LogP contribution in [0.5, 0.6) is 5.75 Å². The van der Waals surface area contributed by atoms with Gasteiger partial charge in [0.05, 0.1) is 5.02 Å². The molecule has 0 aliphatic carbocycles. The molecule has 3 rings (SSSR count). The van der Waals surface area contributed by atoms with E-state index in [1.165, 1.54) is 0 Å². The van der Waals surface area contributed by atoms with Gasteiger partial charge in [0.1, 0.15) is 11.3 Å². The van der Waals surface area contributed by atoms with E-state index in [4.69, 9.17) is 27.6 Å². The first kappa shape index (κ1) is 15.2. The molecule has 1 N–H and O–H groups in total. The molecule has 0 radical (unpaired) electrons. The zero-order chi connectivity index (χ0) is 16.0. The number of nitrogens with zero attached hydrogens (tertiary/aromatic N) is 1. The molecule has 1 heterocycles. The fraction of sp³-hybridized carbons (Fsp3) is 0.235. The largest absolute Gasteiger partial charge is 0.506 e. The summed E-state index contributed by atoms with van der Waals surface area (Å²) in [5, 5.41) is 11.3. The maximum Gasteiger partial charge on any atom is 0.227 e. The first-order valence-corrected chi connectivity index (χ1v) is 7.73. The number of rotatable bonds is 2. The van der Waals surface area contributed by atoms with Gasteiger partial charge in [-0.3, -0.25) is 0 Å². The average molecular weight is 336 g/mol. The summed E-state index contributed by atoms with van der Waals surface area (Å²) in [4.78, 5) is 4.55. The van der Waals surface area contributed by atoms with Gasteiger partial charge in [-0.15, -0.1) is 0 Å². The fourth-order valence-corrected chi connectivity index (χ4v) is 2.83. The molecule has 2 aromatic carbocycles. The number of hydrogen-bond acceptors (Lipinski definition) is 3. The Balaban J connectivity index is 2.31. The highest BCUT2D eigenvalue weighted by molar-refractivity contribution is 6.34. The van der Waals surface area contributed by atoms with E-state index in [9.17, 15) is 5.11 Å². The van der Waals surface area contributed by atoms with Gasteiger partial charge in [0, 0.05) is 21.7 Å². The Morgan fingerprint density at radius 3 is 2.36 bits per heavy atom. The molecule has 0 amide bonds. The van der Waals surface area contributed by atoms with Crippen LogP contribution >= 0.6 is 23.2 Å². The molecular weight excluding hydrogens is 321 g/mol. The number of aromatic nitrogens is 1. The Kier molecular flexibility index (Phi) is 3.79. The molecule has 0 saturated carbocycles. The number of aryl methyl sites for hydroxylation is 1. The molecule has 3 nitrogen and oxygen atoms in total. The third-order valence-corrected chi connectivity index (χ3v) is 4.40. The number of aromatic hydroxyl groups is 1. The van der Waals surface area contributed by atoms with Gasteiger partial charge in [0.2, 0.25) is 5.89 Å². The molecule has 0 unspecified atom stereocenters. The minimum atomic E-state index is 0.0617. The molecule has 0 spiro atoms. The first-order chi connectivity index (χ1) is 10.4. The molecule has 5 heteroatoms. The number of phenols is 1. The van der Waals surface area contributed by atoms with Crippen LogP contribution in [0.4, 0.5) is 0 Å². The highest BCUT2D eigenvalue weighted by Gasteiger charge is 2.23. The van der Waals surface area contributed by atoms with Crippen molar-refractivity contribution in [2.45, 2.75) is 26.7 Å². The van der Waals surface area contributed by atoms with Crippen molar-refractivity contribution in [1.29, 1.82) is 0 Å². The fourth-order valence-electron chi connectivity index (χ4n) is 2.52. The first-order valence-electron chi connectivity index (χ1n) is 6.97. The van der Waals surface area contributed by atoms with Crippen LogP contribution in [0.15, 0.2) is 28.7 Å². The predicted molar refractivity (Wildman–Crippen MR) is 90.0 cm³/mol. The monoisotopic (exact) mass is 335 g/mol. The van der Waals surface area contributed by atoms with Gasteiger partial charge in [0.25, 0.3) is 0 Å². The van der Waals surface area contributed by atoms with E-state index in [0.29, 0.717) is 38.2 Å². The lowest BCUT2D eigenvalue weighted by Crippen LogP contribution is -1.92. The van der Waals surface area contributed by atoms with E-state index in [0.717, 1.165) is 5.56 Å². The lowest BCUT2D eigenvalue weighted by atomic mass is 9.99. The normalized spacial score (nSPS) is 11.5. The summed E-state index contributed by atoms with van der Waals surface area (Å²) >= 11 is 12.1. The quantitative estimate of drug-likeness (QED) is 0.630. The van der Waals surface area contributed by atoms with Gasteiger partial charge >= 0.3 is 0 Å². The minimum Gasteiger partial charge on any atom is -0.506 e. The Labute approximate surface area is 138 Å². The molecule has 3 aromatic rings. The van der Waals surface area contributed by atoms with Crippen LogP contribution in [0.25, 0.3) is 22.6 Å². The third-order valence-electron chi connectivity index (χ3n) is 3.69. The van der Waals surface area contributed by atoms with Crippen LogP contribution in [0.2, 0.25) is 10.0 Å². The summed E-state index contributed by atoms with van der Waals surface area (Å²) in [5.41, 5.74) is 3.47. The van der Waals surface area contributed by atoms with Crippen molar-refractivity contribution in [3.8, 4) is 17.2 Å². The second-order valence-electron chi connectivity index (χ2n) is 5.56. The van der Waals surface area contributed by atoms with Crippen LogP contribution in [0, 0.1) is 6.92 Å². The molecule has 0 saturated heterocycles. The van der Waals surface area contributed by atoms with E-state index in [2.05, 4.69) is 4.98 Å². The Hall–Kier alpha value is -1.71. The SMILES string of the molecule is Cc1c(Cl)c(O)c(C(C)C)c2oc(-c3ccc(Cl)cc3)nc12. The molecule has 22 heavy (non-hydrogen) atoms. The third kappa shape index (κ3) is 2.34. The Morgan fingerprint density at radius 2 is 1.77 bits per heavy atom. The van der Waals surface area contributed by atoms with E-state index in [-0.39, 0.29) is 11.7 Å². The summed E-state index contributed by atoms with van der Waals surface area (Å²) in [6.45, 7) is 5.78. The van der Waals surface area contributed by atoms with E-state index in [1.807, 2.05) is 32.9 Å². The zero-order valence-corrected chi connectivity index (χ0v) is 14.0. The summed E-state index contributed by atoms with van der Waals surface area (Å²) < 4.78 is 5.93. The van der Waals surface area contributed by atoms with E-state index in [1.54, 1.807) is 12.1 Å².